The lowest BCUT2D eigenvalue weighted by atomic mass is 9.85. The van der Waals surface area contributed by atoms with E-state index in [1.165, 1.54) is 5.01 Å². The van der Waals surface area contributed by atoms with Gasteiger partial charge < -0.3 is 4.79 Å². The first-order valence-electron chi connectivity index (χ1n) is 5.85. The van der Waals surface area contributed by atoms with Crippen molar-refractivity contribution in [2.45, 2.75) is 19.4 Å². The van der Waals surface area contributed by atoms with Gasteiger partial charge in [-0.2, -0.15) is 5.10 Å². The molecule has 2 aliphatic heterocycles. The zero-order chi connectivity index (χ0) is 13.7. The lowest BCUT2D eigenvalue weighted by Gasteiger charge is -2.33. The number of benzene rings is 1. The summed E-state index contributed by atoms with van der Waals surface area (Å²) in [6, 6.07) is 1.36. The highest BCUT2D eigenvalue weighted by Gasteiger charge is 2.43. The van der Waals surface area contributed by atoms with Gasteiger partial charge in [0.25, 0.3) is 0 Å². The number of hydrogen-bond acceptors (Lipinski definition) is 4. The molecule has 0 fully saturated rings. The molecule has 98 valence electrons. The SMILES string of the molecule is CC1=NN2c3cc(F)c(F)cc3C(=O)C(C=O)C2C1. The van der Waals surface area contributed by atoms with Crippen LogP contribution >= 0.6 is 0 Å². The summed E-state index contributed by atoms with van der Waals surface area (Å²) in [5, 5.41) is 5.66. The van der Waals surface area contributed by atoms with Crippen molar-refractivity contribution < 1.29 is 18.4 Å². The average Bonchev–Trinajstić information content (AvgIpc) is 2.74. The smallest absolute Gasteiger partial charge is 0.177 e. The van der Waals surface area contributed by atoms with E-state index in [1.54, 1.807) is 6.92 Å². The molecule has 2 aliphatic rings. The molecule has 1 aromatic carbocycles. The summed E-state index contributed by atoms with van der Waals surface area (Å²) in [6.07, 6.45) is 1.02. The van der Waals surface area contributed by atoms with Crippen molar-refractivity contribution in [3.8, 4) is 0 Å². The van der Waals surface area contributed by atoms with Crippen LogP contribution in [0.25, 0.3) is 0 Å². The predicted molar refractivity (Wildman–Crippen MR) is 64.2 cm³/mol. The fourth-order valence-electron chi connectivity index (χ4n) is 2.63. The Labute approximate surface area is 107 Å². The molecule has 2 atom stereocenters. The number of halogens is 2. The molecule has 0 saturated carbocycles. The Morgan fingerprint density at radius 3 is 2.74 bits per heavy atom. The second-order valence-corrected chi connectivity index (χ2v) is 4.76. The molecule has 0 spiro atoms. The van der Waals surface area contributed by atoms with Crippen molar-refractivity contribution in [2.24, 2.45) is 11.0 Å². The van der Waals surface area contributed by atoms with E-state index < -0.39 is 29.4 Å². The van der Waals surface area contributed by atoms with Crippen LogP contribution in [-0.2, 0) is 4.79 Å². The molecule has 19 heavy (non-hydrogen) atoms. The summed E-state index contributed by atoms with van der Waals surface area (Å²) < 4.78 is 26.6. The molecule has 0 bridgehead atoms. The Morgan fingerprint density at radius 2 is 2.05 bits per heavy atom. The minimum Gasteiger partial charge on any atom is -0.302 e. The van der Waals surface area contributed by atoms with Gasteiger partial charge in [-0.1, -0.05) is 0 Å². The number of hydrazone groups is 1. The van der Waals surface area contributed by atoms with E-state index in [0.717, 1.165) is 17.8 Å². The van der Waals surface area contributed by atoms with Crippen LogP contribution < -0.4 is 5.01 Å². The quantitative estimate of drug-likeness (QED) is 0.575. The van der Waals surface area contributed by atoms with Gasteiger partial charge >= 0.3 is 0 Å². The zero-order valence-corrected chi connectivity index (χ0v) is 10.1. The van der Waals surface area contributed by atoms with Crippen molar-refractivity contribution in [3.63, 3.8) is 0 Å². The van der Waals surface area contributed by atoms with Crippen LogP contribution in [0.5, 0.6) is 0 Å². The first-order chi connectivity index (χ1) is 9.02. The maximum Gasteiger partial charge on any atom is 0.177 e. The lowest BCUT2D eigenvalue weighted by molar-refractivity contribution is -0.110. The Balaban J connectivity index is 2.22. The third-order valence-electron chi connectivity index (χ3n) is 3.51. The van der Waals surface area contributed by atoms with Gasteiger partial charge in [0.05, 0.1) is 11.7 Å². The van der Waals surface area contributed by atoms with Gasteiger partial charge in [-0.15, -0.1) is 0 Å². The van der Waals surface area contributed by atoms with E-state index in [-0.39, 0.29) is 11.3 Å². The van der Waals surface area contributed by atoms with Gasteiger partial charge in [0.2, 0.25) is 0 Å². The highest BCUT2D eigenvalue weighted by molar-refractivity contribution is 6.12. The van der Waals surface area contributed by atoms with Gasteiger partial charge in [-0.25, -0.2) is 8.78 Å². The number of fused-ring (bicyclic) bond motifs is 3. The van der Waals surface area contributed by atoms with Crippen molar-refractivity contribution in [1.29, 1.82) is 0 Å². The predicted octanol–water partition coefficient (Wildman–Crippen LogP) is 1.93. The van der Waals surface area contributed by atoms with E-state index in [4.69, 9.17) is 0 Å². The molecule has 2 unspecified atom stereocenters. The van der Waals surface area contributed by atoms with E-state index >= 15 is 0 Å². The summed E-state index contributed by atoms with van der Waals surface area (Å²) in [7, 11) is 0. The number of aldehydes is 1. The Kier molecular flexibility index (Phi) is 2.48. The van der Waals surface area contributed by atoms with Crippen molar-refractivity contribution in [2.75, 3.05) is 5.01 Å². The second-order valence-electron chi connectivity index (χ2n) is 4.76. The minimum atomic E-state index is -1.10. The standard InChI is InChI=1S/C13H10F2N2O2/c1-6-2-11-8(5-18)13(19)7-3-9(14)10(15)4-12(7)17(11)16-6/h3-5,8,11H,2H2,1H3. The monoisotopic (exact) mass is 264 g/mol. The van der Waals surface area contributed by atoms with Crippen molar-refractivity contribution in [3.05, 3.63) is 29.3 Å². The molecule has 1 aromatic rings. The van der Waals surface area contributed by atoms with Crippen LogP contribution in [0.1, 0.15) is 23.7 Å². The molecule has 0 N–H and O–H groups in total. The average molecular weight is 264 g/mol. The number of hydrogen-bond donors (Lipinski definition) is 0. The van der Waals surface area contributed by atoms with Crippen LogP contribution in [0.3, 0.4) is 0 Å². The molecular formula is C13H10F2N2O2. The summed E-state index contributed by atoms with van der Waals surface area (Å²) in [5.74, 6) is -3.50. The minimum absolute atomic E-state index is 0.00528. The second kappa shape index (κ2) is 3.94. The third-order valence-corrected chi connectivity index (χ3v) is 3.51. The normalized spacial score (nSPS) is 24.9. The van der Waals surface area contributed by atoms with Gasteiger partial charge in [0.15, 0.2) is 17.4 Å². The summed E-state index contributed by atoms with van der Waals surface area (Å²) >= 11 is 0. The van der Waals surface area contributed by atoms with E-state index in [9.17, 15) is 18.4 Å². The maximum atomic E-state index is 13.3. The number of nitrogens with zero attached hydrogens (tertiary/aromatic N) is 2. The topological polar surface area (TPSA) is 49.7 Å². The fraction of sp³-hybridized carbons (Fsp3) is 0.308. The zero-order valence-electron chi connectivity index (χ0n) is 10.1. The molecule has 6 heteroatoms. The van der Waals surface area contributed by atoms with Gasteiger partial charge in [-0.05, 0) is 13.0 Å². The highest BCUT2D eigenvalue weighted by Crippen LogP contribution is 2.38. The number of Topliss-reactive ketones (excluding diaryl/α,β-unsaturated/α-hetero) is 1. The number of rotatable bonds is 1. The number of carbonyl (C=O) groups is 2. The fourth-order valence-corrected chi connectivity index (χ4v) is 2.63. The Hall–Kier alpha value is -2.11. The van der Waals surface area contributed by atoms with Crippen molar-refractivity contribution in [1.82, 2.24) is 0 Å². The molecular weight excluding hydrogens is 254 g/mol. The number of ketones is 1. The largest absolute Gasteiger partial charge is 0.302 e. The summed E-state index contributed by atoms with van der Waals surface area (Å²) in [6.45, 7) is 1.77. The van der Waals surface area contributed by atoms with Crippen molar-refractivity contribution >= 4 is 23.5 Å². The molecule has 0 saturated heterocycles. The number of carbonyl (C=O) groups excluding carboxylic acids is 2. The van der Waals surface area contributed by atoms with Gasteiger partial charge in [0, 0.05) is 23.8 Å². The third kappa shape index (κ3) is 1.59. The van der Waals surface area contributed by atoms with Crippen LogP contribution in [0.15, 0.2) is 17.2 Å². The van der Waals surface area contributed by atoms with Gasteiger partial charge in [-0.3, -0.25) is 9.80 Å². The molecule has 0 radical (unpaired) electrons. The van der Waals surface area contributed by atoms with E-state index in [0.29, 0.717) is 12.7 Å². The Morgan fingerprint density at radius 1 is 1.37 bits per heavy atom. The Bertz CT molecular complexity index is 627. The van der Waals surface area contributed by atoms with Gasteiger partial charge in [0.1, 0.15) is 12.2 Å². The van der Waals surface area contributed by atoms with Crippen LogP contribution in [-0.4, -0.2) is 23.8 Å². The lowest BCUT2D eigenvalue weighted by Crippen LogP contribution is -2.44. The number of anilines is 1. The molecule has 0 amide bonds. The first-order valence-corrected chi connectivity index (χ1v) is 5.85. The summed E-state index contributed by atoms with van der Waals surface area (Å²) in [4.78, 5) is 23.3. The van der Waals surface area contributed by atoms with Crippen LogP contribution in [0.4, 0.5) is 14.5 Å². The molecule has 4 nitrogen and oxygen atoms in total. The van der Waals surface area contributed by atoms with Crippen LogP contribution in [0, 0.1) is 17.6 Å². The molecule has 2 heterocycles. The van der Waals surface area contributed by atoms with E-state index in [2.05, 4.69) is 5.10 Å². The first kappa shape index (κ1) is 12.0. The molecule has 0 aromatic heterocycles. The highest BCUT2D eigenvalue weighted by atomic mass is 19.2. The van der Waals surface area contributed by atoms with Crippen LogP contribution in [0.2, 0.25) is 0 Å². The molecule has 0 aliphatic carbocycles. The molecule has 3 rings (SSSR count). The summed E-state index contributed by atoms with van der Waals surface area (Å²) in [5.41, 5.74) is 0.983. The maximum absolute atomic E-state index is 13.3. The van der Waals surface area contributed by atoms with E-state index in [1.807, 2.05) is 0 Å².